The van der Waals surface area contributed by atoms with Crippen molar-refractivity contribution >= 4 is 121 Å². The molecule has 6 aliphatic rings. The summed E-state index contributed by atoms with van der Waals surface area (Å²) in [5, 5.41) is 18.1. The van der Waals surface area contributed by atoms with Crippen LogP contribution in [0, 0.1) is 25.5 Å². The number of halogens is 4. The smallest absolute Gasteiger partial charge is 0.330 e. The van der Waals surface area contributed by atoms with Gasteiger partial charge in [-0.05, 0) is 44.9 Å². The highest BCUT2D eigenvalue weighted by molar-refractivity contribution is 7.91. The molecule has 3 aromatic carbocycles. The first kappa shape index (κ1) is 79.5. The number of rotatable bonds is 21. The average Bonchev–Trinajstić information content (AvgIpc) is 0.779. The summed E-state index contributed by atoms with van der Waals surface area (Å²) >= 11 is 13.0. The van der Waals surface area contributed by atoms with Crippen LogP contribution >= 0.6 is 23.2 Å². The molecule has 5 aliphatic heterocycles. The maximum absolute atomic E-state index is 15.0. The van der Waals surface area contributed by atoms with Gasteiger partial charge in [0.2, 0.25) is 35.6 Å². The van der Waals surface area contributed by atoms with Crippen LogP contribution < -0.4 is 89.7 Å². The Balaban J connectivity index is 0.000000173. The van der Waals surface area contributed by atoms with E-state index < -0.39 is 57.2 Å². The number of fused-ring (bicyclic) bond motifs is 3. The lowest BCUT2D eigenvalue weighted by atomic mass is 9.90. The minimum absolute atomic E-state index is 0.00338. The number of nitrogens with zero attached hydrogens (tertiary/aromatic N) is 12. The Morgan fingerprint density at radius 2 is 0.843 bits per heavy atom. The summed E-state index contributed by atoms with van der Waals surface area (Å²) in [5.74, 6) is -0.351. The Morgan fingerprint density at radius 1 is 0.500 bits per heavy atom. The van der Waals surface area contributed by atoms with Crippen molar-refractivity contribution in [3.63, 3.8) is 0 Å². The van der Waals surface area contributed by atoms with E-state index >= 15 is 8.78 Å². The monoisotopic (exact) mass is 1550 g/mol. The molecule has 1 aliphatic carbocycles. The first-order valence-corrected chi connectivity index (χ1v) is 36.2. The molecule has 2 saturated heterocycles. The number of methoxy groups -OCH3 is 6. The van der Waals surface area contributed by atoms with E-state index in [0.29, 0.717) is 60.0 Å². The summed E-state index contributed by atoms with van der Waals surface area (Å²) in [6.45, 7) is 15.0. The van der Waals surface area contributed by atoms with Crippen LogP contribution in [0.2, 0.25) is 10.0 Å². The topological polar surface area (TPSA) is 370 Å². The molecule has 0 bridgehead atoms. The number of ether oxygens (including phenoxy) is 7. The van der Waals surface area contributed by atoms with Gasteiger partial charge in [0, 0.05) is 97.8 Å². The molecular formula is C70H82Cl2F2N18O15S. The summed E-state index contributed by atoms with van der Waals surface area (Å²) in [7, 11) is 9.79. The zero-order valence-corrected chi connectivity index (χ0v) is 63.3. The van der Waals surface area contributed by atoms with E-state index in [1.165, 1.54) is 92.7 Å². The first-order valence-electron chi connectivity index (χ1n) is 33.6. The van der Waals surface area contributed by atoms with Crippen molar-refractivity contribution in [1.82, 2.24) is 45.9 Å². The number of carbonyl (C=O) groups excluding carboxylic acids is 6. The lowest BCUT2D eigenvalue weighted by molar-refractivity contribution is -0.118. The van der Waals surface area contributed by atoms with Crippen LogP contribution in [-0.2, 0) is 48.6 Å². The standard InChI is InChI=1S/C26H34N6O4.C22H24Cl2N6O6S.C22H24F2N6O5/c1-7-22(33)28-18-10-8-9-11-19(18)29-25-27-13-17-14-32(26(34)31(4)24(17)30-25)23-15(2)20(35-5)12-21(36-6)16(23)3;1-5-16(31)26-12-9-37(33,34)10-13(12)27-21-25-7-11-8-30(22(32)29(2)20(11)28-21)19-17(23)14(35-3)6-15(36-4)18(19)24;1-5-16(31)26-12-9-35-10-13(12)27-21-25-7-11-8-30(22(32)29(2)20(11)28-21)19-17(23)14(33-3)6-15(34-4)18(19)24/h7,12-13,18-19H,1,8-11,14H2,2-6H3,(H,28,33)(H,27,29,30);5-7,12-13H,1,8-10H2,2-4H3,(H,26,31)(H,25,27,28);5-7,12-13H,1,8-10H2,2-4H3,(H,26,31)(H,25,27,28)/t18-,19+;;/m0../s1. The highest BCUT2D eigenvalue weighted by Crippen LogP contribution is 2.49. The lowest BCUT2D eigenvalue weighted by Gasteiger charge is -2.36. The van der Waals surface area contributed by atoms with Gasteiger partial charge in [0.05, 0.1) is 123 Å². The fraction of sp³-hybridized carbons (Fsp3) is 0.400. The normalized spacial score (nSPS) is 19.7. The average molecular weight is 1560 g/mol. The third-order valence-corrected chi connectivity index (χ3v) is 21.2. The van der Waals surface area contributed by atoms with E-state index in [2.05, 4.69) is 81.5 Å². The van der Waals surface area contributed by atoms with Gasteiger partial charge >= 0.3 is 18.1 Å². The largest absolute Gasteiger partial charge is 0.496 e. The molecule has 12 rings (SSSR count). The molecule has 576 valence electrons. The van der Waals surface area contributed by atoms with Crippen LogP contribution in [-0.4, -0.2) is 199 Å². The van der Waals surface area contributed by atoms with Crippen molar-refractivity contribution in [3.8, 4) is 34.5 Å². The van der Waals surface area contributed by atoms with E-state index in [1.54, 1.807) is 32.4 Å². The van der Waals surface area contributed by atoms with Gasteiger partial charge in [-0.15, -0.1) is 0 Å². The molecular weight excluding hydrogens is 1470 g/mol. The molecule has 0 spiro atoms. The van der Waals surface area contributed by atoms with E-state index in [9.17, 15) is 37.2 Å². The molecule has 3 aromatic heterocycles. The van der Waals surface area contributed by atoms with Gasteiger partial charge in [0.1, 0.15) is 56.2 Å². The minimum Gasteiger partial charge on any atom is -0.496 e. The van der Waals surface area contributed by atoms with Crippen LogP contribution in [0.25, 0.3) is 0 Å². The Labute approximate surface area is 631 Å². The number of benzene rings is 3. The molecule has 6 N–H and O–H groups in total. The molecule has 108 heavy (non-hydrogen) atoms. The van der Waals surface area contributed by atoms with Crippen LogP contribution in [0.3, 0.4) is 0 Å². The Bertz CT molecular complexity index is 4580. The predicted molar refractivity (Wildman–Crippen MR) is 401 cm³/mol. The van der Waals surface area contributed by atoms with Crippen molar-refractivity contribution < 1.29 is 79.1 Å². The number of urea groups is 3. The van der Waals surface area contributed by atoms with Crippen LogP contribution in [0.15, 0.2) is 74.8 Å². The molecule has 33 nitrogen and oxygen atoms in total. The molecule has 0 radical (unpaired) electrons. The molecule has 9 amide bonds. The fourth-order valence-corrected chi connectivity index (χ4v) is 15.8. The van der Waals surface area contributed by atoms with Crippen molar-refractivity contribution in [1.29, 1.82) is 0 Å². The summed E-state index contributed by atoms with van der Waals surface area (Å²) in [6.07, 6.45) is 12.1. The molecule has 8 heterocycles. The zero-order chi connectivity index (χ0) is 78.3. The number of hydrogen-bond donors (Lipinski definition) is 6. The van der Waals surface area contributed by atoms with Crippen molar-refractivity contribution in [3.05, 3.63) is 124 Å². The Hall–Kier alpha value is -11.1. The highest BCUT2D eigenvalue weighted by atomic mass is 35.5. The second kappa shape index (κ2) is 33.8. The van der Waals surface area contributed by atoms with Crippen LogP contribution in [0.5, 0.6) is 34.5 Å². The number of sulfone groups is 1. The van der Waals surface area contributed by atoms with Gasteiger partial charge in [0.15, 0.2) is 33.0 Å². The van der Waals surface area contributed by atoms with E-state index in [1.807, 2.05) is 19.9 Å². The number of hydrogen-bond acceptors (Lipinski definition) is 24. The molecule has 1 saturated carbocycles. The van der Waals surface area contributed by atoms with Gasteiger partial charge in [0.25, 0.3) is 0 Å². The maximum Gasteiger partial charge on any atom is 0.330 e. The van der Waals surface area contributed by atoms with Gasteiger partial charge in [-0.1, -0.05) is 55.8 Å². The number of anilines is 9. The van der Waals surface area contributed by atoms with Crippen LogP contribution in [0.1, 0.15) is 53.5 Å². The second-order valence-electron chi connectivity index (χ2n) is 25.4. The third kappa shape index (κ3) is 16.5. The summed E-state index contributed by atoms with van der Waals surface area (Å²) < 4.78 is 91.5. The van der Waals surface area contributed by atoms with Gasteiger partial charge in [-0.3, -0.25) is 43.8 Å². The van der Waals surface area contributed by atoms with E-state index in [4.69, 9.17) is 56.4 Å². The summed E-state index contributed by atoms with van der Waals surface area (Å²) in [4.78, 5) is 110. The summed E-state index contributed by atoms with van der Waals surface area (Å²) in [5.41, 5.74) is 3.92. The maximum atomic E-state index is 15.0. The molecule has 38 heteroatoms. The number of nitrogens with one attached hydrogen (secondary N) is 6. The SMILES string of the molecule is C=CC(=O)NC1COCC1Nc1ncc2c(n1)N(C)C(=O)N(c1c(F)c(OC)cc(OC)c1F)C2.C=CC(=O)NC1CS(=O)(=O)CC1Nc1ncc2c(n1)N(C)C(=O)N(c1c(Cl)c(OC)cc(OC)c1Cl)C2.C=CC(=O)N[C@H]1CCCC[C@H]1Nc1ncc2c(n1)N(C)C(=O)N(c1c(C)c(OC)cc(OC)c1C)C2. The van der Waals surface area contributed by atoms with Gasteiger partial charge in [-0.2, -0.15) is 15.0 Å². The van der Waals surface area contributed by atoms with E-state index in [0.717, 1.165) is 65.1 Å². The zero-order valence-electron chi connectivity index (χ0n) is 61.0. The Morgan fingerprint density at radius 3 is 1.27 bits per heavy atom. The number of aromatic nitrogens is 6. The summed E-state index contributed by atoms with van der Waals surface area (Å²) in [6, 6.07) is 0.977. The minimum atomic E-state index is -3.40. The quantitative estimate of drug-likeness (QED) is 0.0374. The molecule has 3 fully saturated rings. The lowest BCUT2D eigenvalue weighted by Crippen LogP contribution is -2.49. The molecule has 4 unspecified atom stereocenters. The van der Waals surface area contributed by atoms with Crippen molar-refractivity contribution in [2.45, 2.75) is 95.4 Å². The highest BCUT2D eigenvalue weighted by Gasteiger charge is 2.42. The number of carbonyl (C=O) groups is 6. The third-order valence-electron chi connectivity index (χ3n) is 18.8. The van der Waals surface area contributed by atoms with Crippen LogP contribution in [0.4, 0.5) is 75.5 Å². The van der Waals surface area contributed by atoms with E-state index in [-0.39, 0.29) is 123 Å². The van der Waals surface area contributed by atoms with Crippen molar-refractivity contribution in [2.24, 2.45) is 0 Å². The number of amides is 9. The Kier molecular flexibility index (Phi) is 24.8. The van der Waals surface area contributed by atoms with Gasteiger partial charge < -0.3 is 65.1 Å². The van der Waals surface area contributed by atoms with Crippen molar-refractivity contribution in [2.75, 3.05) is 134 Å². The predicted octanol–water partition coefficient (Wildman–Crippen LogP) is 7.80. The van der Waals surface area contributed by atoms with Gasteiger partial charge in [-0.25, -0.2) is 46.5 Å². The molecule has 6 atom stereocenters. The fourth-order valence-electron chi connectivity index (χ4n) is 13.2. The molecule has 6 aromatic rings. The first-order chi connectivity index (χ1) is 51.6. The second-order valence-corrected chi connectivity index (χ2v) is 28.3.